The van der Waals surface area contributed by atoms with Gasteiger partial charge in [0.1, 0.15) is 12.4 Å². The van der Waals surface area contributed by atoms with Crippen molar-refractivity contribution < 1.29 is 14.7 Å². The van der Waals surface area contributed by atoms with Crippen LogP contribution in [0.2, 0.25) is 0 Å². The Morgan fingerprint density at radius 3 is 2.90 bits per heavy atom. The summed E-state index contributed by atoms with van der Waals surface area (Å²) < 4.78 is 11.0. The van der Waals surface area contributed by atoms with Crippen molar-refractivity contribution in [3.63, 3.8) is 0 Å². The van der Waals surface area contributed by atoms with Crippen molar-refractivity contribution in [2.75, 3.05) is 19.8 Å². The Kier molecular flexibility index (Phi) is 4.73. The summed E-state index contributed by atoms with van der Waals surface area (Å²) in [6, 6.07) is 7.53. The number of ether oxygens (including phenoxy) is 2. The second-order valence-electron chi connectivity index (χ2n) is 4.05. The molecule has 0 unspecified atom stereocenters. The maximum absolute atomic E-state index is 8.85. The van der Waals surface area contributed by atoms with Crippen LogP contribution in [0, 0.1) is 0 Å². The summed E-state index contributed by atoms with van der Waals surface area (Å²) >= 11 is 0. The number of amidine groups is 1. The summed E-state index contributed by atoms with van der Waals surface area (Å²) in [6.07, 6.45) is 1.54. The van der Waals surface area contributed by atoms with E-state index in [4.69, 9.17) is 20.4 Å². The summed E-state index contributed by atoms with van der Waals surface area (Å²) in [5, 5.41) is 12.7. The molecule has 0 aliphatic heterocycles. The number of oxime groups is 1. The third-order valence-electron chi connectivity index (χ3n) is 2.79. The first-order valence-electron chi connectivity index (χ1n) is 6.34. The van der Waals surface area contributed by atoms with Crippen LogP contribution in [0.5, 0.6) is 5.75 Å². The smallest absolute Gasteiger partial charge is 0.175 e. The van der Waals surface area contributed by atoms with Crippen molar-refractivity contribution in [2.45, 2.75) is 6.92 Å². The second-order valence-corrected chi connectivity index (χ2v) is 4.05. The Labute approximate surface area is 116 Å². The van der Waals surface area contributed by atoms with Gasteiger partial charge < -0.3 is 20.4 Å². The standard InChI is InChI=1S/C14H17N3O3/c1-2-19-7-8-20-13-10-5-3-4-6-12(10)16-9-11(13)14(15)17-18/h3-6,9,18H,2,7-8H2,1H3,(H2,15,17). The van der Waals surface area contributed by atoms with Gasteiger partial charge in [-0.3, -0.25) is 4.98 Å². The fraction of sp³-hybridized carbons (Fsp3) is 0.286. The molecule has 6 heteroatoms. The monoisotopic (exact) mass is 275 g/mol. The van der Waals surface area contributed by atoms with Crippen molar-refractivity contribution >= 4 is 16.7 Å². The number of pyridine rings is 1. The van der Waals surface area contributed by atoms with Crippen LogP contribution in [0.4, 0.5) is 0 Å². The quantitative estimate of drug-likeness (QED) is 0.275. The van der Waals surface area contributed by atoms with E-state index in [2.05, 4.69) is 10.1 Å². The third kappa shape index (κ3) is 2.97. The number of rotatable bonds is 6. The summed E-state index contributed by atoms with van der Waals surface area (Å²) in [5.41, 5.74) is 6.91. The molecule has 2 aromatic rings. The van der Waals surface area contributed by atoms with Crippen LogP contribution in [0.1, 0.15) is 12.5 Å². The number of nitrogens with two attached hydrogens (primary N) is 1. The Morgan fingerprint density at radius 1 is 1.35 bits per heavy atom. The van der Waals surface area contributed by atoms with Crippen LogP contribution < -0.4 is 10.5 Å². The Hall–Kier alpha value is -2.34. The fourth-order valence-electron chi connectivity index (χ4n) is 1.85. The molecule has 0 bridgehead atoms. The first-order chi connectivity index (χ1) is 9.77. The number of nitrogens with zero attached hydrogens (tertiary/aromatic N) is 2. The van der Waals surface area contributed by atoms with E-state index >= 15 is 0 Å². The highest BCUT2D eigenvalue weighted by Gasteiger charge is 2.13. The van der Waals surface area contributed by atoms with Gasteiger partial charge in [-0.05, 0) is 19.1 Å². The molecule has 106 valence electrons. The molecule has 0 amide bonds. The number of fused-ring (bicyclic) bond motifs is 1. The van der Waals surface area contributed by atoms with Crippen molar-refractivity contribution in [2.24, 2.45) is 10.9 Å². The molecular formula is C14H17N3O3. The van der Waals surface area contributed by atoms with Crippen LogP contribution in [0.15, 0.2) is 35.6 Å². The van der Waals surface area contributed by atoms with E-state index in [1.807, 2.05) is 31.2 Å². The Bertz CT molecular complexity index is 614. The normalized spacial score (nSPS) is 11.8. The van der Waals surface area contributed by atoms with Gasteiger partial charge in [0.05, 0.1) is 17.7 Å². The highest BCUT2D eigenvalue weighted by Crippen LogP contribution is 2.28. The topological polar surface area (TPSA) is 90.0 Å². The lowest BCUT2D eigenvalue weighted by molar-refractivity contribution is 0.110. The van der Waals surface area contributed by atoms with E-state index in [1.54, 1.807) is 0 Å². The first kappa shape index (κ1) is 14.1. The molecule has 1 aromatic carbocycles. The molecule has 1 aromatic heterocycles. The summed E-state index contributed by atoms with van der Waals surface area (Å²) in [6.45, 7) is 3.41. The SMILES string of the molecule is CCOCCOc1c(/C(N)=N/O)cnc2ccccc12. The second kappa shape index (κ2) is 6.72. The van der Waals surface area contributed by atoms with Crippen molar-refractivity contribution in [3.8, 4) is 5.75 Å². The minimum absolute atomic E-state index is 0.0327. The molecule has 0 saturated heterocycles. The molecule has 0 saturated carbocycles. The van der Waals surface area contributed by atoms with Crippen LogP contribution >= 0.6 is 0 Å². The lowest BCUT2D eigenvalue weighted by atomic mass is 10.1. The minimum Gasteiger partial charge on any atom is -0.490 e. The molecule has 0 atom stereocenters. The average molecular weight is 275 g/mol. The number of hydrogen-bond donors (Lipinski definition) is 2. The van der Waals surface area contributed by atoms with Gasteiger partial charge in [-0.2, -0.15) is 0 Å². The van der Waals surface area contributed by atoms with E-state index in [-0.39, 0.29) is 5.84 Å². The van der Waals surface area contributed by atoms with Gasteiger partial charge in [-0.15, -0.1) is 0 Å². The average Bonchev–Trinajstić information content (AvgIpc) is 2.50. The zero-order valence-electron chi connectivity index (χ0n) is 11.2. The Morgan fingerprint density at radius 2 is 2.15 bits per heavy atom. The predicted molar refractivity (Wildman–Crippen MR) is 76.2 cm³/mol. The third-order valence-corrected chi connectivity index (χ3v) is 2.79. The van der Waals surface area contributed by atoms with Gasteiger partial charge in [0.15, 0.2) is 5.84 Å². The van der Waals surface area contributed by atoms with Crippen LogP contribution in [-0.2, 0) is 4.74 Å². The number of benzene rings is 1. The van der Waals surface area contributed by atoms with Crippen LogP contribution in [0.3, 0.4) is 0 Å². The van der Waals surface area contributed by atoms with E-state index < -0.39 is 0 Å². The van der Waals surface area contributed by atoms with Gasteiger partial charge in [0.25, 0.3) is 0 Å². The van der Waals surface area contributed by atoms with Crippen molar-refractivity contribution in [3.05, 3.63) is 36.0 Å². The molecule has 6 nitrogen and oxygen atoms in total. The van der Waals surface area contributed by atoms with E-state index in [1.165, 1.54) is 6.20 Å². The highest BCUT2D eigenvalue weighted by atomic mass is 16.5. The van der Waals surface area contributed by atoms with E-state index in [0.717, 1.165) is 10.9 Å². The van der Waals surface area contributed by atoms with Gasteiger partial charge in [0.2, 0.25) is 0 Å². The van der Waals surface area contributed by atoms with Crippen molar-refractivity contribution in [1.29, 1.82) is 0 Å². The van der Waals surface area contributed by atoms with Gasteiger partial charge in [-0.1, -0.05) is 17.3 Å². The first-order valence-corrected chi connectivity index (χ1v) is 6.34. The lowest BCUT2D eigenvalue weighted by Gasteiger charge is -2.13. The predicted octanol–water partition coefficient (Wildman–Crippen LogP) is 1.74. The molecule has 0 spiro atoms. The summed E-state index contributed by atoms with van der Waals surface area (Å²) in [7, 11) is 0. The largest absolute Gasteiger partial charge is 0.490 e. The molecule has 1 heterocycles. The van der Waals surface area contributed by atoms with E-state index in [0.29, 0.717) is 31.1 Å². The number of aromatic nitrogens is 1. The summed E-state index contributed by atoms with van der Waals surface area (Å²) in [4.78, 5) is 4.27. The number of hydrogen-bond acceptors (Lipinski definition) is 5. The molecule has 0 radical (unpaired) electrons. The highest BCUT2D eigenvalue weighted by molar-refractivity contribution is 6.04. The van der Waals surface area contributed by atoms with Gasteiger partial charge in [-0.25, -0.2) is 0 Å². The summed E-state index contributed by atoms with van der Waals surface area (Å²) in [5.74, 6) is 0.514. The fourth-order valence-corrected chi connectivity index (χ4v) is 1.85. The molecule has 2 rings (SSSR count). The molecule has 20 heavy (non-hydrogen) atoms. The molecule has 0 aliphatic rings. The zero-order chi connectivity index (χ0) is 14.4. The zero-order valence-corrected chi connectivity index (χ0v) is 11.2. The van der Waals surface area contributed by atoms with Crippen LogP contribution in [0.25, 0.3) is 10.9 Å². The molecule has 0 fully saturated rings. The Balaban J connectivity index is 2.39. The lowest BCUT2D eigenvalue weighted by Crippen LogP contribution is -2.17. The van der Waals surface area contributed by atoms with Gasteiger partial charge >= 0.3 is 0 Å². The van der Waals surface area contributed by atoms with Crippen molar-refractivity contribution in [1.82, 2.24) is 4.98 Å². The molecule has 3 N–H and O–H groups in total. The maximum Gasteiger partial charge on any atom is 0.175 e. The van der Waals surface area contributed by atoms with Crippen LogP contribution in [-0.4, -0.2) is 35.8 Å². The minimum atomic E-state index is -0.0327. The number of para-hydroxylation sites is 1. The van der Waals surface area contributed by atoms with Gasteiger partial charge in [0, 0.05) is 18.2 Å². The molecular weight excluding hydrogens is 258 g/mol. The maximum atomic E-state index is 8.85. The van der Waals surface area contributed by atoms with E-state index in [9.17, 15) is 0 Å². The molecule has 0 aliphatic carbocycles.